The summed E-state index contributed by atoms with van der Waals surface area (Å²) in [6.45, 7) is 4.07. The number of aryl methyl sites for hydroxylation is 1. The Morgan fingerprint density at radius 2 is 2.00 bits per heavy atom. The van der Waals surface area contributed by atoms with Crippen molar-refractivity contribution in [1.29, 1.82) is 0 Å². The molecule has 4 atom stereocenters. The van der Waals surface area contributed by atoms with E-state index in [1.54, 1.807) is 18.7 Å². The first kappa shape index (κ1) is 19.9. The Balaban J connectivity index is 2.16. The summed E-state index contributed by atoms with van der Waals surface area (Å²) in [6.07, 6.45) is 2.39. The summed E-state index contributed by atoms with van der Waals surface area (Å²) in [5, 5.41) is 3.40. The number of carbonyl (C=O) groups excluding carboxylic acids is 3. The largest absolute Gasteiger partial charge is 0.468 e. The standard InChI is InChI=1S/C20H26N2O4S/c1-5-22-17(23)14-15(18(22)24)20(10-11-27-4,19(25)26-3)21-16(14)13-9-7-6-8-12(13)2/h6-9,14-16,21H,5,10-11H2,1-4H3/t14-,15+,16-,20+/m0/s1. The molecule has 0 aliphatic carbocycles. The molecule has 0 aromatic heterocycles. The monoisotopic (exact) mass is 390 g/mol. The first-order valence-corrected chi connectivity index (χ1v) is 10.6. The molecule has 2 saturated heterocycles. The SMILES string of the molecule is CCN1C(=O)[C@@H]2[C@H](c3ccccc3C)N[C@@](CCSC)(C(=O)OC)[C@H]2C1=O. The van der Waals surface area contributed by atoms with Crippen LogP contribution in [0.25, 0.3) is 0 Å². The fourth-order valence-electron chi connectivity index (χ4n) is 4.54. The number of imide groups is 1. The fourth-order valence-corrected chi connectivity index (χ4v) is 5.07. The molecule has 27 heavy (non-hydrogen) atoms. The van der Waals surface area contributed by atoms with Crippen LogP contribution in [0, 0.1) is 18.8 Å². The van der Waals surface area contributed by atoms with Crippen molar-refractivity contribution in [2.45, 2.75) is 31.8 Å². The van der Waals surface area contributed by atoms with Gasteiger partial charge < -0.3 is 4.74 Å². The minimum absolute atomic E-state index is 0.205. The van der Waals surface area contributed by atoms with E-state index in [1.165, 1.54) is 12.0 Å². The zero-order valence-electron chi connectivity index (χ0n) is 16.2. The van der Waals surface area contributed by atoms with Crippen molar-refractivity contribution in [3.8, 4) is 0 Å². The quantitative estimate of drug-likeness (QED) is 0.591. The number of thioether (sulfide) groups is 1. The van der Waals surface area contributed by atoms with E-state index in [0.29, 0.717) is 18.7 Å². The zero-order chi connectivity index (χ0) is 19.8. The number of rotatable bonds is 6. The predicted octanol–water partition coefficient (Wildman–Crippen LogP) is 1.93. The lowest BCUT2D eigenvalue weighted by atomic mass is 9.77. The number of amides is 2. The molecule has 2 fully saturated rings. The Labute approximate surface area is 164 Å². The van der Waals surface area contributed by atoms with E-state index in [4.69, 9.17) is 4.74 Å². The average molecular weight is 391 g/mol. The van der Waals surface area contributed by atoms with Crippen LogP contribution >= 0.6 is 11.8 Å². The highest BCUT2D eigenvalue weighted by Crippen LogP contribution is 2.51. The molecule has 1 aromatic carbocycles. The maximum atomic E-state index is 13.1. The van der Waals surface area contributed by atoms with Crippen LogP contribution in [0.15, 0.2) is 24.3 Å². The second kappa shape index (κ2) is 7.64. The van der Waals surface area contributed by atoms with E-state index in [2.05, 4.69) is 5.32 Å². The molecule has 2 aliphatic rings. The van der Waals surface area contributed by atoms with Gasteiger partial charge in [0.2, 0.25) is 11.8 Å². The molecule has 6 nitrogen and oxygen atoms in total. The van der Waals surface area contributed by atoms with Crippen molar-refractivity contribution in [3.05, 3.63) is 35.4 Å². The molecular weight excluding hydrogens is 364 g/mol. The van der Waals surface area contributed by atoms with Crippen LogP contribution in [-0.4, -0.2) is 53.9 Å². The Bertz CT molecular complexity index is 768. The van der Waals surface area contributed by atoms with Gasteiger partial charge in [-0.1, -0.05) is 24.3 Å². The predicted molar refractivity (Wildman–Crippen MR) is 104 cm³/mol. The molecule has 1 aromatic rings. The zero-order valence-corrected chi connectivity index (χ0v) is 17.0. The van der Waals surface area contributed by atoms with E-state index in [1.807, 2.05) is 37.4 Å². The third-order valence-electron chi connectivity index (χ3n) is 5.84. The van der Waals surface area contributed by atoms with Gasteiger partial charge in [0.15, 0.2) is 0 Å². The topological polar surface area (TPSA) is 75.7 Å². The summed E-state index contributed by atoms with van der Waals surface area (Å²) < 4.78 is 5.12. The lowest BCUT2D eigenvalue weighted by Crippen LogP contribution is -2.56. The van der Waals surface area contributed by atoms with E-state index in [0.717, 1.165) is 11.1 Å². The summed E-state index contributed by atoms with van der Waals surface area (Å²) in [5.74, 6) is -1.61. The molecule has 2 amide bonds. The smallest absolute Gasteiger partial charge is 0.326 e. The summed E-state index contributed by atoms with van der Waals surface area (Å²) in [4.78, 5) is 40.5. The summed E-state index contributed by atoms with van der Waals surface area (Å²) in [6, 6.07) is 7.39. The first-order valence-electron chi connectivity index (χ1n) is 9.18. The highest BCUT2D eigenvalue weighted by Gasteiger charge is 2.68. The van der Waals surface area contributed by atoms with Crippen molar-refractivity contribution < 1.29 is 19.1 Å². The van der Waals surface area contributed by atoms with Crippen LogP contribution in [0.4, 0.5) is 0 Å². The van der Waals surface area contributed by atoms with Gasteiger partial charge in [-0.2, -0.15) is 11.8 Å². The Hall–Kier alpha value is -1.86. The number of benzene rings is 1. The minimum Gasteiger partial charge on any atom is -0.468 e. The third kappa shape index (κ3) is 2.97. The second-order valence-electron chi connectivity index (χ2n) is 7.11. The minimum atomic E-state index is -1.19. The lowest BCUT2D eigenvalue weighted by Gasteiger charge is -2.32. The third-order valence-corrected chi connectivity index (χ3v) is 6.45. The van der Waals surface area contributed by atoms with Gasteiger partial charge in [-0.15, -0.1) is 0 Å². The van der Waals surface area contributed by atoms with E-state index in [9.17, 15) is 14.4 Å². The number of carbonyl (C=O) groups is 3. The van der Waals surface area contributed by atoms with Crippen LogP contribution in [0.5, 0.6) is 0 Å². The average Bonchev–Trinajstić information content (AvgIpc) is 3.14. The second-order valence-corrected chi connectivity index (χ2v) is 8.09. The van der Waals surface area contributed by atoms with Gasteiger partial charge in [-0.25, -0.2) is 0 Å². The van der Waals surface area contributed by atoms with Crippen molar-refractivity contribution in [3.63, 3.8) is 0 Å². The maximum absolute atomic E-state index is 13.1. The number of hydrogen-bond acceptors (Lipinski definition) is 6. The highest BCUT2D eigenvalue weighted by molar-refractivity contribution is 7.98. The van der Waals surface area contributed by atoms with Gasteiger partial charge in [-0.05, 0) is 43.4 Å². The van der Waals surface area contributed by atoms with Gasteiger partial charge >= 0.3 is 5.97 Å². The van der Waals surface area contributed by atoms with Gasteiger partial charge in [0.25, 0.3) is 0 Å². The first-order chi connectivity index (χ1) is 12.9. The van der Waals surface area contributed by atoms with Crippen LogP contribution in [0.1, 0.15) is 30.5 Å². The lowest BCUT2D eigenvalue weighted by molar-refractivity contribution is -0.154. The van der Waals surface area contributed by atoms with Crippen LogP contribution < -0.4 is 5.32 Å². The summed E-state index contributed by atoms with van der Waals surface area (Å²) >= 11 is 1.60. The molecule has 0 spiro atoms. The summed E-state index contributed by atoms with van der Waals surface area (Å²) in [7, 11) is 1.33. The molecular formula is C20H26N2O4S. The van der Waals surface area contributed by atoms with E-state index >= 15 is 0 Å². The number of methoxy groups -OCH3 is 1. The Kier molecular flexibility index (Phi) is 5.63. The van der Waals surface area contributed by atoms with Gasteiger partial charge in [0, 0.05) is 12.6 Å². The van der Waals surface area contributed by atoms with E-state index < -0.39 is 29.4 Å². The van der Waals surface area contributed by atoms with Crippen molar-refractivity contribution in [2.24, 2.45) is 11.8 Å². The van der Waals surface area contributed by atoms with E-state index in [-0.39, 0.29) is 11.8 Å². The van der Waals surface area contributed by atoms with Crippen molar-refractivity contribution >= 4 is 29.5 Å². The molecule has 1 N–H and O–H groups in total. The molecule has 7 heteroatoms. The van der Waals surface area contributed by atoms with Gasteiger partial charge in [0.05, 0.1) is 18.9 Å². The summed E-state index contributed by atoms with van der Waals surface area (Å²) in [5.41, 5.74) is 0.780. The normalized spacial score (nSPS) is 29.9. The van der Waals surface area contributed by atoms with Crippen LogP contribution in [-0.2, 0) is 19.1 Å². The molecule has 2 heterocycles. The number of nitrogens with zero attached hydrogens (tertiary/aromatic N) is 1. The number of fused-ring (bicyclic) bond motifs is 1. The van der Waals surface area contributed by atoms with Crippen molar-refractivity contribution in [1.82, 2.24) is 10.2 Å². The molecule has 3 rings (SSSR count). The van der Waals surface area contributed by atoms with Gasteiger partial charge in [-0.3, -0.25) is 24.6 Å². The maximum Gasteiger partial charge on any atom is 0.326 e. The molecule has 0 bridgehead atoms. The molecule has 0 unspecified atom stereocenters. The molecule has 2 aliphatic heterocycles. The molecule has 0 saturated carbocycles. The van der Waals surface area contributed by atoms with Gasteiger partial charge in [0.1, 0.15) is 5.54 Å². The van der Waals surface area contributed by atoms with Crippen molar-refractivity contribution in [2.75, 3.05) is 25.7 Å². The number of nitrogens with one attached hydrogen (secondary N) is 1. The highest BCUT2D eigenvalue weighted by atomic mass is 32.2. The number of hydrogen-bond donors (Lipinski definition) is 1. The number of esters is 1. The Morgan fingerprint density at radius 3 is 2.59 bits per heavy atom. The molecule has 0 radical (unpaired) electrons. The molecule has 146 valence electrons. The number of ether oxygens (including phenoxy) is 1. The van der Waals surface area contributed by atoms with Crippen LogP contribution in [0.3, 0.4) is 0 Å². The number of likely N-dealkylation sites (tertiary alicyclic amines) is 1. The van der Waals surface area contributed by atoms with Crippen LogP contribution in [0.2, 0.25) is 0 Å². The fraction of sp³-hybridized carbons (Fsp3) is 0.550. The Morgan fingerprint density at radius 1 is 1.30 bits per heavy atom.